The van der Waals surface area contributed by atoms with E-state index < -0.39 is 6.29 Å². The largest absolute Gasteiger partial charge is 0.424 e. The zero-order valence-electron chi connectivity index (χ0n) is 15.2. The second-order valence-electron chi connectivity index (χ2n) is 9.32. The molecular weight excluding hydrogens is 304 g/mol. The van der Waals surface area contributed by atoms with Gasteiger partial charge in [0.15, 0.2) is 0 Å². The van der Waals surface area contributed by atoms with Gasteiger partial charge in [-0.05, 0) is 55.4 Å². The van der Waals surface area contributed by atoms with Crippen molar-refractivity contribution in [2.24, 2.45) is 28.6 Å². The van der Waals surface area contributed by atoms with Crippen LogP contribution in [-0.4, -0.2) is 18.2 Å². The molecule has 0 N–H and O–H groups in total. The van der Waals surface area contributed by atoms with Crippen LogP contribution in [-0.2, 0) is 19.1 Å². The van der Waals surface area contributed by atoms with Crippen molar-refractivity contribution in [2.75, 3.05) is 0 Å². The molecule has 2 aliphatic carbocycles. The van der Waals surface area contributed by atoms with E-state index in [1.165, 1.54) is 30.4 Å². The highest BCUT2D eigenvalue weighted by Gasteiger charge is 2.57. The third-order valence-corrected chi connectivity index (χ3v) is 6.91. The Morgan fingerprint density at radius 3 is 2.46 bits per heavy atom. The van der Waals surface area contributed by atoms with Crippen LogP contribution in [0.1, 0.15) is 66.2 Å². The van der Waals surface area contributed by atoms with Gasteiger partial charge in [-0.2, -0.15) is 0 Å². The van der Waals surface area contributed by atoms with Crippen molar-refractivity contribution in [3.05, 3.63) is 11.1 Å². The predicted molar refractivity (Wildman–Crippen MR) is 88.7 cm³/mol. The highest BCUT2D eigenvalue weighted by Crippen LogP contribution is 2.58. The summed E-state index contributed by atoms with van der Waals surface area (Å²) in [6, 6.07) is 0. The summed E-state index contributed by atoms with van der Waals surface area (Å²) in [7, 11) is 0. The van der Waals surface area contributed by atoms with Gasteiger partial charge >= 0.3 is 11.9 Å². The molecule has 0 bridgehead atoms. The van der Waals surface area contributed by atoms with E-state index in [4.69, 9.17) is 9.47 Å². The van der Waals surface area contributed by atoms with Crippen LogP contribution in [0.3, 0.4) is 0 Å². The molecule has 24 heavy (non-hydrogen) atoms. The monoisotopic (exact) mass is 332 g/mol. The molecule has 5 atom stereocenters. The SMILES string of the molecule is C[C@H]1C(=O)OC2OC(=O)[C@@H]3CCC([C@@]4(C)CCCC(C)(C)C4)=C1[C@H]23. The minimum atomic E-state index is -0.684. The van der Waals surface area contributed by atoms with Crippen LogP contribution in [0.4, 0.5) is 0 Å². The molecule has 4 rings (SSSR count). The van der Waals surface area contributed by atoms with Crippen LogP contribution in [0, 0.1) is 28.6 Å². The molecule has 2 saturated heterocycles. The Morgan fingerprint density at radius 2 is 1.75 bits per heavy atom. The van der Waals surface area contributed by atoms with Crippen molar-refractivity contribution in [1.82, 2.24) is 0 Å². The normalized spacial score (nSPS) is 44.0. The third kappa shape index (κ3) is 2.25. The molecule has 0 aromatic heterocycles. The van der Waals surface area contributed by atoms with Gasteiger partial charge in [0.1, 0.15) is 0 Å². The maximum Gasteiger partial charge on any atom is 0.315 e. The number of allylic oxidation sites excluding steroid dienone is 1. The summed E-state index contributed by atoms with van der Waals surface area (Å²) in [5, 5.41) is 0. The molecule has 0 aromatic rings. The molecule has 4 heteroatoms. The minimum absolute atomic E-state index is 0.0455. The molecule has 4 nitrogen and oxygen atoms in total. The first-order valence-corrected chi connectivity index (χ1v) is 9.36. The van der Waals surface area contributed by atoms with E-state index in [2.05, 4.69) is 20.8 Å². The van der Waals surface area contributed by atoms with Crippen LogP contribution in [0.15, 0.2) is 11.1 Å². The summed E-state index contributed by atoms with van der Waals surface area (Å²) < 4.78 is 10.8. The molecule has 1 unspecified atom stereocenters. The first-order valence-electron chi connectivity index (χ1n) is 9.36. The molecule has 0 spiro atoms. The predicted octanol–water partition coefficient (Wildman–Crippen LogP) is 3.99. The van der Waals surface area contributed by atoms with Gasteiger partial charge in [0.25, 0.3) is 6.29 Å². The summed E-state index contributed by atoms with van der Waals surface area (Å²) in [5.41, 5.74) is 3.07. The first kappa shape index (κ1) is 16.2. The third-order valence-electron chi connectivity index (χ3n) is 6.91. The lowest BCUT2D eigenvalue weighted by atomic mass is 9.56. The summed E-state index contributed by atoms with van der Waals surface area (Å²) in [4.78, 5) is 24.6. The van der Waals surface area contributed by atoms with Gasteiger partial charge in [0.05, 0.1) is 17.8 Å². The van der Waals surface area contributed by atoms with Gasteiger partial charge < -0.3 is 9.47 Å². The van der Waals surface area contributed by atoms with Crippen LogP contribution in [0.25, 0.3) is 0 Å². The molecule has 2 heterocycles. The zero-order valence-corrected chi connectivity index (χ0v) is 15.2. The van der Waals surface area contributed by atoms with Gasteiger partial charge in [-0.3, -0.25) is 9.59 Å². The van der Waals surface area contributed by atoms with Crippen LogP contribution in [0.5, 0.6) is 0 Å². The topological polar surface area (TPSA) is 52.6 Å². The average molecular weight is 332 g/mol. The second-order valence-corrected chi connectivity index (χ2v) is 9.32. The molecule has 0 radical (unpaired) electrons. The lowest BCUT2D eigenvalue weighted by molar-refractivity contribution is -0.188. The lowest BCUT2D eigenvalue weighted by Crippen LogP contribution is -2.44. The highest BCUT2D eigenvalue weighted by molar-refractivity contribution is 5.82. The molecular formula is C20H28O4. The average Bonchev–Trinajstić information content (AvgIpc) is 2.80. The summed E-state index contributed by atoms with van der Waals surface area (Å²) in [6.07, 6.45) is 5.88. The smallest absolute Gasteiger partial charge is 0.315 e. The minimum Gasteiger partial charge on any atom is -0.424 e. The van der Waals surface area contributed by atoms with Crippen LogP contribution >= 0.6 is 0 Å². The van der Waals surface area contributed by atoms with Crippen molar-refractivity contribution in [2.45, 2.75) is 72.5 Å². The fourth-order valence-electron chi connectivity index (χ4n) is 6.01. The first-order chi connectivity index (χ1) is 11.2. The number of carbonyl (C=O) groups is 2. The van der Waals surface area contributed by atoms with E-state index in [9.17, 15) is 9.59 Å². The molecule has 0 amide bonds. The number of hydrogen-bond donors (Lipinski definition) is 0. The second kappa shape index (κ2) is 5.09. The Hall–Kier alpha value is -1.32. The maximum absolute atomic E-state index is 12.4. The number of ether oxygens (including phenoxy) is 2. The summed E-state index contributed by atoms with van der Waals surface area (Å²) >= 11 is 0. The van der Waals surface area contributed by atoms with Crippen LogP contribution < -0.4 is 0 Å². The number of carbonyl (C=O) groups excluding carboxylic acids is 2. The Balaban J connectivity index is 1.81. The lowest BCUT2D eigenvalue weighted by Gasteiger charge is -2.49. The Kier molecular flexibility index (Phi) is 3.43. The standard InChI is InChI=1S/C20H28O4/c1-11-14-13(20(4)9-5-8-19(2,3)10-20)7-6-12-15(14)18(23-16(11)21)24-17(12)22/h11-12,15,18H,5-10H2,1-4H3/t11-,12-,15-,18?,20+/m1/s1. The Labute approximate surface area is 144 Å². The van der Waals surface area contributed by atoms with Crippen molar-refractivity contribution in [1.29, 1.82) is 0 Å². The van der Waals surface area contributed by atoms with E-state index in [0.29, 0.717) is 5.41 Å². The molecule has 1 saturated carbocycles. The summed E-state index contributed by atoms with van der Waals surface area (Å²) in [5.74, 6) is -0.837. The van der Waals surface area contributed by atoms with Crippen LogP contribution in [0.2, 0.25) is 0 Å². The molecule has 132 valence electrons. The van der Waals surface area contributed by atoms with E-state index in [0.717, 1.165) is 19.3 Å². The molecule has 3 fully saturated rings. The van der Waals surface area contributed by atoms with E-state index in [-0.39, 0.29) is 35.1 Å². The number of hydrogen-bond acceptors (Lipinski definition) is 4. The van der Waals surface area contributed by atoms with Gasteiger partial charge in [-0.1, -0.05) is 32.8 Å². The van der Waals surface area contributed by atoms with E-state index in [1.807, 2.05) is 6.92 Å². The molecule has 0 aromatic carbocycles. The molecule has 2 aliphatic heterocycles. The fourth-order valence-corrected chi connectivity index (χ4v) is 6.01. The Morgan fingerprint density at radius 1 is 1.04 bits per heavy atom. The number of esters is 2. The number of rotatable bonds is 1. The zero-order chi connectivity index (χ0) is 17.3. The van der Waals surface area contributed by atoms with Crippen molar-refractivity contribution in [3.8, 4) is 0 Å². The quantitative estimate of drug-likeness (QED) is 0.538. The van der Waals surface area contributed by atoms with Crippen molar-refractivity contribution >= 4 is 11.9 Å². The van der Waals surface area contributed by atoms with Gasteiger partial charge in [0, 0.05) is 0 Å². The maximum atomic E-state index is 12.4. The van der Waals surface area contributed by atoms with Gasteiger partial charge in [-0.25, -0.2) is 0 Å². The van der Waals surface area contributed by atoms with Crippen molar-refractivity contribution < 1.29 is 19.1 Å². The van der Waals surface area contributed by atoms with E-state index >= 15 is 0 Å². The fraction of sp³-hybridized carbons (Fsp3) is 0.800. The summed E-state index contributed by atoms with van der Waals surface area (Å²) in [6.45, 7) is 9.02. The van der Waals surface area contributed by atoms with Gasteiger partial charge in [0.2, 0.25) is 0 Å². The van der Waals surface area contributed by atoms with Crippen molar-refractivity contribution in [3.63, 3.8) is 0 Å². The van der Waals surface area contributed by atoms with Gasteiger partial charge in [-0.15, -0.1) is 0 Å². The van der Waals surface area contributed by atoms with E-state index in [1.54, 1.807) is 0 Å². The molecule has 4 aliphatic rings. The Bertz CT molecular complexity index is 632. The highest BCUT2D eigenvalue weighted by atomic mass is 16.7.